The second-order valence-corrected chi connectivity index (χ2v) is 7.08. The predicted molar refractivity (Wildman–Crippen MR) is 97.1 cm³/mol. The van der Waals surface area contributed by atoms with Crippen LogP contribution < -0.4 is 10.3 Å². The molecule has 0 bridgehead atoms. The molecule has 0 aliphatic heterocycles. The molecule has 0 spiro atoms. The van der Waals surface area contributed by atoms with Gasteiger partial charge in [0.1, 0.15) is 24.1 Å². The predicted octanol–water partition coefficient (Wildman–Crippen LogP) is 1.83. The lowest BCUT2D eigenvalue weighted by atomic mass is 10.0. The first-order chi connectivity index (χ1) is 12.5. The molecule has 3 aromatic rings. The molecule has 1 fully saturated rings. The van der Waals surface area contributed by atoms with Crippen molar-refractivity contribution in [3.8, 4) is 5.75 Å². The number of aliphatic hydroxyl groups is 1. The number of rotatable bonds is 7. The van der Waals surface area contributed by atoms with Gasteiger partial charge in [-0.2, -0.15) is 5.10 Å². The Kier molecular flexibility index (Phi) is 4.24. The fraction of sp³-hybridized carbons (Fsp3) is 0.421. The van der Waals surface area contributed by atoms with E-state index in [1.807, 2.05) is 30.3 Å². The van der Waals surface area contributed by atoms with Gasteiger partial charge in [0.15, 0.2) is 5.65 Å². The van der Waals surface area contributed by atoms with Crippen molar-refractivity contribution < 1.29 is 9.84 Å². The van der Waals surface area contributed by atoms with E-state index in [1.54, 1.807) is 11.6 Å². The van der Waals surface area contributed by atoms with E-state index in [0.29, 0.717) is 24.2 Å². The van der Waals surface area contributed by atoms with E-state index in [0.717, 1.165) is 18.6 Å². The van der Waals surface area contributed by atoms with Crippen molar-refractivity contribution in [1.29, 1.82) is 0 Å². The Morgan fingerprint density at radius 2 is 2.08 bits per heavy atom. The Morgan fingerprint density at radius 3 is 2.81 bits per heavy atom. The average molecular weight is 354 g/mol. The lowest BCUT2D eigenvalue weighted by Crippen LogP contribution is -2.37. The lowest BCUT2D eigenvalue weighted by molar-refractivity contribution is 0.0183. The summed E-state index contributed by atoms with van der Waals surface area (Å²) < 4.78 is 8.83. The number of benzene rings is 1. The second-order valence-electron chi connectivity index (χ2n) is 7.08. The first kappa shape index (κ1) is 16.8. The monoisotopic (exact) mass is 354 g/mol. The SMILES string of the molecule is CC(O)(Cn1cnc2c(cnn2CCOc2ccccc2)c1=O)C1CC1. The standard InChI is InChI=1S/C19H22N4O3/c1-19(25,14-7-8-14)12-22-13-20-17-16(18(22)24)11-21-23(17)9-10-26-15-5-3-2-4-6-15/h2-6,11,13-14,25H,7-10,12H2,1H3. The van der Waals surface area contributed by atoms with Gasteiger partial charge in [-0.1, -0.05) is 18.2 Å². The van der Waals surface area contributed by atoms with Gasteiger partial charge in [-0.15, -0.1) is 0 Å². The van der Waals surface area contributed by atoms with Crippen molar-refractivity contribution in [3.05, 3.63) is 53.2 Å². The molecule has 1 aliphatic carbocycles. The molecule has 2 aromatic heterocycles. The molecule has 1 N–H and O–H groups in total. The molecule has 1 saturated carbocycles. The number of ether oxygens (including phenoxy) is 1. The molecule has 0 amide bonds. The van der Waals surface area contributed by atoms with Crippen LogP contribution in [0.4, 0.5) is 0 Å². The van der Waals surface area contributed by atoms with Crippen molar-refractivity contribution in [2.45, 2.75) is 38.5 Å². The number of nitrogens with zero attached hydrogens (tertiary/aromatic N) is 4. The van der Waals surface area contributed by atoms with Crippen molar-refractivity contribution in [2.24, 2.45) is 5.92 Å². The van der Waals surface area contributed by atoms with Gasteiger partial charge in [-0.3, -0.25) is 9.36 Å². The van der Waals surface area contributed by atoms with Crippen molar-refractivity contribution in [2.75, 3.05) is 6.61 Å². The number of aromatic nitrogens is 4. The first-order valence-electron chi connectivity index (χ1n) is 8.86. The highest BCUT2D eigenvalue weighted by Gasteiger charge is 2.40. The minimum absolute atomic E-state index is 0.175. The Labute approximate surface area is 150 Å². The molecule has 1 aliphatic rings. The van der Waals surface area contributed by atoms with Crippen molar-refractivity contribution >= 4 is 11.0 Å². The van der Waals surface area contributed by atoms with Gasteiger partial charge in [0, 0.05) is 0 Å². The third-order valence-corrected chi connectivity index (χ3v) is 4.88. The van der Waals surface area contributed by atoms with Crippen LogP contribution in [0.3, 0.4) is 0 Å². The summed E-state index contributed by atoms with van der Waals surface area (Å²) in [6.45, 7) is 2.96. The fourth-order valence-corrected chi connectivity index (χ4v) is 3.22. The molecule has 26 heavy (non-hydrogen) atoms. The van der Waals surface area contributed by atoms with Crippen LogP contribution in [-0.4, -0.2) is 36.6 Å². The zero-order valence-corrected chi connectivity index (χ0v) is 14.7. The van der Waals surface area contributed by atoms with Gasteiger partial charge in [0.25, 0.3) is 5.56 Å². The molecular weight excluding hydrogens is 332 g/mol. The Hall–Kier alpha value is -2.67. The zero-order chi connectivity index (χ0) is 18.1. The normalized spacial score (nSPS) is 16.5. The van der Waals surface area contributed by atoms with E-state index in [-0.39, 0.29) is 18.0 Å². The Morgan fingerprint density at radius 1 is 1.31 bits per heavy atom. The van der Waals surface area contributed by atoms with E-state index in [9.17, 15) is 9.90 Å². The summed E-state index contributed by atoms with van der Waals surface area (Å²) in [6.07, 6.45) is 5.06. The van der Waals surface area contributed by atoms with Gasteiger partial charge < -0.3 is 9.84 Å². The highest BCUT2D eigenvalue weighted by molar-refractivity contribution is 5.72. The Bertz CT molecular complexity index is 958. The highest BCUT2D eigenvalue weighted by atomic mass is 16.5. The van der Waals surface area contributed by atoms with Crippen LogP contribution in [0.2, 0.25) is 0 Å². The zero-order valence-electron chi connectivity index (χ0n) is 14.7. The molecule has 136 valence electrons. The number of para-hydroxylation sites is 1. The van der Waals surface area contributed by atoms with Gasteiger partial charge in [-0.05, 0) is 37.8 Å². The summed E-state index contributed by atoms with van der Waals surface area (Å²) in [5.74, 6) is 1.06. The molecule has 2 heterocycles. The number of hydrogen-bond acceptors (Lipinski definition) is 5. The maximum Gasteiger partial charge on any atom is 0.264 e. The molecule has 0 saturated heterocycles. The van der Waals surface area contributed by atoms with E-state index in [2.05, 4.69) is 10.1 Å². The third-order valence-electron chi connectivity index (χ3n) is 4.88. The molecule has 0 radical (unpaired) electrons. The summed E-state index contributed by atoms with van der Waals surface area (Å²) in [5.41, 5.74) is -0.515. The van der Waals surface area contributed by atoms with E-state index in [4.69, 9.17) is 4.74 Å². The maximum atomic E-state index is 12.7. The lowest BCUT2D eigenvalue weighted by Gasteiger charge is -2.23. The maximum absolute atomic E-state index is 12.7. The van der Waals surface area contributed by atoms with E-state index < -0.39 is 5.60 Å². The molecule has 7 heteroatoms. The molecule has 1 unspecified atom stereocenters. The van der Waals surface area contributed by atoms with E-state index in [1.165, 1.54) is 17.1 Å². The van der Waals surface area contributed by atoms with Crippen LogP contribution in [0.1, 0.15) is 19.8 Å². The van der Waals surface area contributed by atoms with Gasteiger partial charge in [-0.25, -0.2) is 9.67 Å². The van der Waals surface area contributed by atoms with Gasteiger partial charge in [0.05, 0.1) is 24.9 Å². The van der Waals surface area contributed by atoms with Gasteiger partial charge in [0.2, 0.25) is 0 Å². The quantitative estimate of drug-likeness (QED) is 0.700. The van der Waals surface area contributed by atoms with Crippen LogP contribution >= 0.6 is 0 Å². The Balaban J connectivity index is 1.49. The third kappa shape index (κ3) is 3.35. The van der Waals surface area contributed by atoms with Crippen LogP contribution in [0.15, 0.2) is 47.7 Å². The van der Waals surface area contributed by atoms with Crippen molar-refractivity contribution in [1.82, 2.24) is 19.3 Å². The smallest absolute Gasteiger partial charge is 0.264 e. The fourth-order valence-electron chi connectivity index (χ4n) is 3.22. The highest BCUT2D eigenvalue weighted by Crippen LogP contribution is 2.40. The minimum Gasteiger partial charge on any atom is -0.492 e. The van der Waals surface area contributed by atoms with E-state index >= 15 is 0 Å². The van der Waals surface area contributed by atoms with Crippen molar-refractivity contribution in [3.63, 3.8) is 0 Å². The number of hydrogen-bond donors (Lipinski definition) is 1. The summed E-state index contributed by atoms with van der Waals surface area (Å²) in [7, 11) is 0. The molecule has 4 rings (SSSR count). The van der Waals surface area contributed by atoms with Crippen LogP contribution in [0.25, 0.3) is 11.0 Å². The van der Waals surface area contributed by atoms with Crippen LogP contribution in [0.5, 0.6) is 5.75 Å². The first-order valence-corrected chi connectivity index (χ1v) is 8.86. The average Bonchev–Trinajstić information content (AvgIpc) is 3.41. The molecule has 1 aromatic carbocycles. The summed E-state index contributed by atoms with van der Waals surface area (Å²) in [4.78, 5) is 17.1. The molecular formula is C19H22N4O3. The summed E-state index contributed by atoms with van der Waals surface area (Å²) in [6, 6.07) is 9.55. The van der Waals surface area contributed by atoms with Crippen LogP contribution in [-0.2, 0) is 13.1 Å². The topological polar surface area (TPSA) is 82.2 Å². The largest absolute Gasteiger partial charge is 0.492 e. The van der Waals surface area contributed by atoms with Crippen LogP contribution in [0, 0.1) is 5.92 Å². The summed E-state index contributed by atoms with van der Waals surface area (Å²) in [5, 5.41) is 15.2. The molecule has 1 atom stereocenters. The summed E-state index contributed by atoms with van der Waals surface area (Å²) >= 11 is 0. The van der Waals surface area contributed by atoms with Gasteiger partial charge >= 0.3 is 0 Å². The second kappa shape index (κ2) is 6.57. The number of fused-ring (bicyclic) bond motifs is 1. The minimum atomic E-state index is -0.876. The molecule has 7 nitrogen and oxygen atoms in total.